The Bertz CT molecular complexity index is 468. The molecule has 1 aliphatic heterocycles. The summed E-state index contributed by atoms with van der Waals surface area (Å²) in [5.74, 6) is 1.69. The summed E-state index contributed by atoms with van der Waals surface area (Å²) in [7, 11) is 1.99. The van der Waals surface area contributed by atoms with Crippen LogP contribution in [0.5, 0.6) is 5.75 Å². The number of hydrogen-bond donors (Lipinski definition) is 1. The average molecular weight is 304 g/mol. The van der Waals surface area contributed by atoms with E-state index in [9.17, 15) is 4.79 Å². The number of ether oxygens (including phenoxy) is 1. The zero-order chi connectivity index (χ0) is 15.8. The van der Waals surface area contributed by atoms with Gasteiger partial charge in [-0.05, 0) is 56.8 Å². The van der Waals surface area contributed by atoms with Gasteiger partial charge in [-0.1, -0.05) is 25.1 Å². The fourth-order valence-corrected chi connectivity index (χ4v) is 2.99. The zero-order valence-electron chi connectivity index (χ0n) is 13.8. The Kier molecular flexibility index (Phi) is 6.72. The van der Waals surface area contributed by atoms with Crippen LogP contribution in [-0.2, 0) is 11.2 Å². The number of carbonyl (C=O) groups is 1. The minimum absolute atomic E-state index is 0.109. The molecule has 4 heteroatoms. The van der Waals surface area contributed by atoms with Crippen molar-refractivity contribution < 1.29 is 9.53 Å². The van der Waals surface area contributed by atoms with Gasteiger partial charge in [0, 0.05) is 13.1 Å². The van der Waals surface area contributed by atoms with E-state index in [1.807, 2.05) is 36.2 Å². The zero-order valence-corrected chi connectivity index (χ0v) is 13.8. The molecule has 0 radical (unpaired) electrons. The highest BCUT2D eigenvalue weighted by atomic mass is 16.5. The Morgan fingerprint density at radius 2 is 2.05 bits per heavy atom. The summed E-state index contributed by atoms with van der Waals surface area (Å²) in [6.45, 7) is 5.05. The van der Waals surface area contributed by atoms with E-state index in [1.54, 1.807) is 0 Å². The second kappa shape index (κ2) is 8.79. The molecule has 1 aliphatic rings. The first kappa shape index (κ1) is 16.8. The predicted octanol–water partition coefficient (Wildman–Crippen LogP) is 2.48. The number of rotatable bonds is 7. The largest absolute Gasteiger partial charge is 0.483 e. The summed E-state index contributed by atoms with van der Waals surface area (Å²) in [5, 5.41) is 3.20. The molecule has 1 aromatic carbocycles. The lowest BCUT2D eigenvalue weighted by Crippen LogP contribution is -2.41. The third-order valence-electron chi connectivity index (χ3n) is 4.47. The minimum atomic E-state index is 0.109. The van der Waals surface area contributed by atoms with Gasteiger partial charge in [-0.3, -0.25) is 4.79 Å². The molecule has 1 N–H and O–H groups in total. The lowest BCUT2D eigenvalue weighted by molar-refractivity contribution is -0.134. The number of likely N-dealkylation sites (tertiary alicyclic amines) is 1. The summed E-state index contributed by atoms with van der Waals surface area (Å²) in [5.41, 5.74) is 1.15. The number of nitrogens with one attached hydrogen (secondary N) is 1. The summed E-state index contributed by atoms with van der Waals surface area (Å²) in [6, 6.07) is 7.94. The molecule has 0 saturated carbocycles. The van der Waals surface area contributed by atoms with E-state index in [1.165, 1.54) is 6.42 Å². The van der Waals surface area contributed by atoms with Crippen molar-refractivity contribution in [2.75, 3.05) is 33.3 Å². The molecule has 2 rings (SSSR count). The first-order chi connectivity index (χ1) is 10.7. The molecule has 1 amide bonds. The first-order valence-corrected chi connectivity index (χ1v) is 8.37. The van der Waals surface area contributed by atoms with Crippen LogP contribution in [0.1, 0.15) is 31.7 Å². The van der Waals surface area contributed by atoms with Crippen molar-refractivity contribution in [3.63, 3.8) is 0 Å². The topological polar surface area (TPSA) is 41.6 Å². The summed E-state index contributed by atoms with van der Waals surface area (Å²) < 4.78 is 5.73. The van der Waals surface area contributed by atoms with Crippen molar-refractivity contribution in [2.24, 2.45) is 5.92 Å². The number of aryl methyl sites for hydroxylation is 1. The van der Waals surface area contributed by atoms with Crippen LogP contribution >= 0.6 is 0 Å². The Balaban J connectivity index is 1.76. The number of amides is 1. The van der Waals surface area contributed by atoms with Crippen molar-refractivity contribution in [1.29, 1.82) is 0 Å². The summed E-state index contributed by atoms with van der Waals surface area (Å²) >= 11 is 0. The van der Waals surface area contributed by atoms with Crippen LogP contribution in [0, 0.1) is 5.92 Å². The third-order valence-corrected chi connectivity index (χ3v) is 4.47. The highest BCUT2D eigenvalue weighted by Gasteiger charge is 2.22. The molecule has 122 valence electrons. The number of nitrogens with zero attached hydrogens (tertiary/aromatic N) is 1. The van der Waals surface area contributed by atoms with Gasteiger partial charge < -0.3 is 15.0 Å². The number of carbonyl (C=O) groups excluding carboxylic acids is 1. The molecule has 0 spiro atoms. The second-order valence-corrected chi connectivity index (χ2v) is 5.97. The number of para-hydroxylation sites is 1. The standard InChI is InChI=1S/C18H28N2O2/c1-3-16-6-4-5-7-17(16)22-14-18(21)20-12-9-15(10-13-20)8-11-19-2/h4-7,15,19H,3,8-14H2,1-2H3. The van der Waals surface area contributed by atoms with Crippen molar-refractivity contribution in [2.45, 2.75) is 32.6 Å². The van der Waals surface area contributed by atoms with Gasteiger partial charge in [0.1, 0.15) is 5.75 Å². The van der Waals surface area contributed by atoms with Gasteiger partial charge in [0.25, 0.3) is 5.91 Å². The van der Waals surface area contributed by atoms with Gasteiger partial charge >= 0.3 is 0 Å². The van der Waals surface area contributed by atoms with Crippen LogP contribution in [0.25, 0.3) is 0 Å². The second-order valence-electron chi connectivity index (χ2n) is 5.97. The van der Waals surface area contributed by atoms with E-state index in [0.717, 1.165) is 56.1 Å². The van der Waals surface area contributed by atoms with Crippen molar-refractivity contribution >= 4 is 5.91 Å². The van der Waals surface area contributed by atoms with Crippen LogP contribution < -0.4 is 10.1 Å². The smallest absolute Gasteiger partial charge is 0.260 e. The molecule has 0 unspecified atom stereocenters. The molecule has 0 aliphatic carbocycles. The van der Waals surface area contributed by atoms with Gasteiger partial charge in [-0.15, -0.1) is 0 Å². The van der Waals surface area contributed by atoms with E-state index < -0.39 is 0 Å². The number of hydrogen-bond acceptors (Lipinski definition) is 3. The molecule has 22 heavy (non-hydrogen) atoms. The Morgan fingerprint density at radius 3 is 2.73 bits per heavy atom. The van der Waals surface area contributed by atoms with Gasteiger partial charge in [0.15, 0.2) is 6.61 Å². The predicted molar refractivity (Wildman–Crippen MR) is 89.2 cm³/mol. The average Bonchev–Trinajstić information content (AvgIpc) is 2.58. The molecule has 0 aromatic heterocycles. The van der Waals surface area contributed by atoms with E-state index in [0.29, 0.717) is 0 Å². The van der Waals surface area contributed by atoms with Crippen LogP contribution in [0.15, 0.2) is 24.3 Å². The monoisotopic (exact) mass is 304 g/mol. The molecule has 0 atom stereocenters. The van der Waals surface area contributed by atoms with Gasteiger partial charge in [0.05, 0.1) is 0 Å². The summed E-state index contributed by atoms with van der Waals surface area (Å²) in [4.78, 5) is 14.2. The molecule has 0 bridgehead atoms. The molecule has 1 aromatic rings. The van der Waals surface area contributed by atoms with Crippen LogP contribution in [0.3, 0.4) is 0 Å². The van der Waals surface area contributed by atoms with E-state index >= 15 is 0 Å². The van der Waals surface area contributed by atoms with E-state index in [2.05, 4.69) is 12.2 Å². The van der Waals surface area contributed by atoms with Gasteiger partial charge in [0.2, 0.25) is 0 Å². The normalized spacial score (nSPS) is 15.8. The maximum Gasteiger partial charge on any atom is 0.260 e. The van der Waals surface area contributed by atoms with Crippen LogP contribution in [0.4, 0.5) is 0 Å². The van der Waals surface area contributed by atoms with Crippen molar-refractivity contribution in [1.82, 2.24) is 10.2 Å². The maximum atomic E-state index is 12.3. The Labute approximate surface area is 133 Å². The van der Waals surface area contributed by atoms with Gasteiger partial charge in [-0.2, -0.15) is 0 Å². The lowest BCUT2D eigenvalue weighted by atomic mass is 9.93. The maximum absolute atomic E-state index is 12.3. The SMILES string of the molecule is CCc1ccccc1OCC(=O)N1CCC(CCNC)CC1. The highest BCUT2D eigenvalue weighted by Crippen LogP contribution is 2.21. The minimum Gasteiger partial charge on any atom is -0.483 e. The van der Waals surface area contributed by atoms with Crippen molar-refractivity contribution in [3.8, 4) is 5.75 Å². The molecule has 4 nitrogen and oxygen atoms in total. The van der Waals surface area contributed by atoms with E-state index in [-0.39, 0.29) is 12.5 Å². The molecule has 1 fully saturated rings. The fourth-order valence-electron chi connectivity index (χ4n) is 2.99. The summed E-state index contributed by atoms with van der Waals surface area (Å²) in [6.07, 6.45) is 4.35. The van der Waals surface area contributed by atoms with Crippen LogP contribution in [0.2, 0.25) is 0 Å². The number of benzene rings is 1. The van der Waals surface area contributed by atoms with Gasteiger partial charge in [-0.25, -0.2) is 0 Å². The van der Waals surface area contributed by atoms with Crippen LogP contribution in [-0.4, -0.2) is 44.1 Å². The van der Waals surface area contributed by atoms with Crippen molar-refractivity contribution in [3.05, 3.63) is 29.8 Å². The third kappa shape index (κ3) is 4.73. The van der Waals surface area contributed by atoms with E-state index in [4.69, 9.17) is 4.74 Å². The first-order valence-electron chi connectivity index (χ1n) is 8.37. The molecule has 1 saturated heterocycles. The molecule has 1 heterocycles. The molecular formula is C18H28N2O2. The Morgan fingerprint density at radius 1 is 1.32 bits per heavy atom. The molecular weight excluding hydrogens is 276 g/mol. The number of piperidine rings is 1. The Hall–Kier alpha value is -1.55. The quantitative estimate of drug-likeness (QED) is 0.841. The highest BCUT2D eigenvalue weighted by molar-refractivity contribution is 5.77. The fraction of sp³-hybridized carbons (Fsp3) is 0.611. The lowest BCUT2D eigenvalue weighted by Gasteiger charge is -2.32.